The maximum absolute atomic E-state index is 12.3. The zero-order valence-corrected chi connectivity index (χ0v) is 16.3. The summed E-state index contributed by atoms with van der Waals surface area (Å²) in [6.07, 6.45) is 5.71. The Hall–Kier alpha value is -1.95. The first kappa shape index (κ1) is 18.8. The van der Waals surface area contributed by atoms with Crippen molar-refractivity contribution in [1.29, 1.82) is 0 Å². The Labute approximate surface area is 155 Å². The van der Waals surface area contributed by atoms with Crippen LogP contribution >= 0.6 is 0 Å². The van der Waals surface area contributed by atoms with Crippen molar-refractivity contribution in [2.24, 2.45) is 5.92 Å². The highest BCUT2D eigenvalue weighted by Crippen LogP contribution is 2.21. The zero-order chi connectivity index (χ0) is 18.7. The molecule has 142 valence electrons. The number of nitrogens with zero attached hydrogens (tertiary/aromatic N) is 4. The quantitative estimate of drug-likeness (QED) is 0.792. The first-order chi connectivity index (χ1) is 12.4. The number of hydrogen-bond acceptors (Lipinski definition) is 5. The molecular formula is C20H30N4O2. The Morgan fingerprint density at radius 2 is 1.88 bits per heavy atom. The molecule has 2 aromatic heterocycles. The molecule has 1 saturated heterocycles. The van der Waals surface area contributed by atoms with Crippen molar-refractivity contribution in [2.75, 3.05) is 13.1 Å². The normalized spacial score (nSPS) is 16.7. The molecule has 0 N–H and O–H groups in total. The smallest absolute Gasteiger partial charge is 0.253 e. The number of piperidine rings is 1. The van der Waals surface area contributed by atoms with Crippen molar-refractivity contribution in [3.05, 3.63) is 46.3 Å². The van der Waals surface area contributed by atoms with Crippen molar-refractivity contribution in [1.82, 2.24) is 19.4 Å². The Kier molecular flexibility index (Phi) is 5.91. The molecule has 0 saturated carbocycles. The van der Waals surface area contributed by atoms with Crippen molar-refractivity contribution >= 4 is 0 Å². The van der Waals surface area contributed by atoms with Gasteiger partial charge in [-0.3, -0.25) is 14.3 Å². The van der Waals surface area contributed by atoms with Crippen LogP contribution in [0, 0.1) is 5.92 Å². The molecule has 0 unspecified atom stereocenters. The van der Waals surface area contributed by atoms with Gasteiger partial charge >= 0.3 is 0 Å². The van der Waals surface area contributed by atoms with E-state index in [2.05, 4.69) is 42.6 Å². The maximum atomic E-state index is 12.3. The molecule has 0 atom stereocenters. The van der Waals surface area contributed by atoms with Gasteiger partial charge in [-0.2, -0.15) is 0 Å². The van der Waals surface area contributed by atoms with E-state index in [1.807, 2.05) is 6.20 Å². The van der Waals surface area contributed by atoms with Crippen molar-refractivity contribution < 1.29 is 4.42 Å². The van der Waals surface area contributed by atoms with Crippen molar-refractivity contribution in [3.8, 4) is 0 Å². The molecule has 6 nitrogen and oxygen atoms in total. The van der Waals surface area contributed by atoms with E-state index in [4.69, 9.17) is 4.42 Å². The van der Waals surface area contributed by atoms with Crippen molar-refractivity contribution in [3.63, 3.8) is 0 Å². The molecule has 3 heterocycles. The zero-order valence-electron chi connectivity index (χ0n) is 16.3. The predicted molar refractivity (Wildman–Crippen MR) is 101 cm³/mol. The summed E-state index contributed by atoms with van der Waals surface area (Å²) in [6, 6.07) is 1.68. The van der Waals surface area contributed by atoms with Gasteiger partial charge in [-0.15, -0.1) is 0 Å². The summed E-state index contributed by atoms with van der Waals surface area (Å²) >= 11 is 0. The summed E-state index contributed by atoms with van der Waals surface area (Å²) in [6.45, 7) is 11.9. The van der Waals surface area contributed by atoms with E-state index in [1.54, 1.807) is 17.0 Å². The molecule has 1 aliphatic rings. The van der Waals surface area contributed by atoms with Crippen LogP contribution in [0.3, 0.4) is 0 Å². The highest BCUT2D eigenvalue weighted by molar-refractivity contribution is 5.04. The molecule has 0 aliphatic carbocycles. The lowest BCUT2D eigenvalue weighted by Gasteiger charge is -2.31. The van der Waals surface area contributed by atoms with Gasteiger partial charge < -0.3 is 4.42 Å². The molecule has 0 spiro atoms. The van der Waals surface area contributed by atoms with E-state index in [1.165, 1.54) is 0 Å². The SMILES string of the molecule is CC(C)c1cc(=O)n(CC2CCN(Cc3ncc(C(C)C)o3)CC2)cn1. The number of likely N-dealkylation sites (tertiary alicyclic amines) is 1. The number of rotatable bonds is 6. The third kappa shape index (κ3) is 4.61. The number of aromatic nitrogens is 3. The van der Waals surface area contributed by atoms with Gasteiger partial charge in [0.25, 0.3) is 5.56 Å². The Morgan fingerprint density at radius 3 is 2.46 bits per heavy atom. The van der Waals surface area contributed by atoms with Crippen LogP contribution in [-0.4, -0.2) is 32.5 Å². The minimum absolute atomic E-state index is 0.0622. The summed E-state index contributed by atoms with van der Waals surface area (Å²) in [5.41, 5.74) is 0.930. The molecule has 1 fully saturated rings. The molecule has 0 amide bonds. The van der Waals surface area contributed by atoms with E-state index in [0.717, 1.165) is 56.4 Å². The van der Waals surface area contributed by atoms with E-state index < -0.39 is 0 Å². The second-order valence-corrected chi connectivity index (χ2v) is 7.99. The molecule has 0 aromatic carbocycles. The summed E-state index contributed by atoms with van der Waals surface area (Å²) in [5, 5.41) is 0. The lowest BCUT2D eigenvalue weighted by molar-refractivity contribution is 0.153. The lowest BCUT2D eigenvalue weighted by Crippen LogP contribution is -2.36. The molecule has 6 heteroatoms. The van der Waals surface area contributed by atoms with Crippen LogP contribution in [0.25, 0.3) is 0 Å². The van der Waals surface area contributed by atoms with Crippen LogP contribution in [0.1, 0.15) is 69.7 Å². The van der Waals surface area contributed by atoms with Crippen LogP contribution in [0.2, 0.25) is 0 Å². The summed E-state index contributed by atoms with van der Waals surface area (Å²) in [7, 11) is 0. The van der Waals surface area contributed by atoms with Crippen LogP contribution in [0.5, 0.6) is 0 Å². The minimum atomic E-state index is 0.0622. The number of hydrogen-bond donors (Lipinski definition) is 0. The highest BCUT2D eigenvalue weighted by Gasteiger charge is 2.21. The van der Waals surface area contributed by atoms with Gasteiger partial charge in [0.05, 0.1) is 24.8 Å². The van der Waals surface area contributed by atoms with Crippen LogP contribution in [0.15, 0.2) is 27.8 Å². The predicted octanol–water partition coefficient (Wildman–Crippen LogP) is 3.39. The third-order valence-corrected chi connectivity index (χ3v) is 5.15. The van der Waals surface area contributed by atoms with E-state index in [9.17, 15) is 4.79 Å². The average Bonchev–Trinajstić information content (AvgIpc) is 3.07. The highest BCUT2D eigenvalue weighted by atomic mass is 16.4. The Bertz CT molecular complexity index is 770. The summed E-state index contributed by atoms with van der Waals surface area (Å²) in [4.78, 5) is 23.5. The minimum Gasteiger partial charge on any atom is -0.444 e. The lowest BCUT2D eigenvalue weighted by atomic mass is 9.96. The molecule has 3 rings (SSSR count). The van der Waals surface area contributed by atoms with Gasteiger partial charge in [-0.25, -0.2) is 9.97 Å². The van der Waals surface area contributed by atoms with Gasteiger partial charge in [-0.1, -0.05) is 27.7 Å². The second kappa shape index (κ2) is 8.16. The first-order valence-corrected chi connectivity index (χ1v) is 9.65. The maximum Gasteiger partial charge on any atom is 0.253 e. The van der Waals surface area contributed by atoms with Gasteiger partial charge in [-0.05, 0) is 37.8 Å². The Balaban J connectivity index is 1.51. The van der Waals surface area contributed by atoms with E-state index in [0.29, 0.717) is 11.8 Å². The van der Waals surface area contributed by atoms with E-state index in [-0.39, 0.29) is 11.5 Å². The average molecular weight is 358 g/mol. The van der Waals surface area contributed by atoms with E-state index >= 15 is 0 Å². The van der Waals surface area contributed by atoms with Gasteiger partial charge in [0, 0.05) is 18.5 Å². The molecule has 0 bridgehead atoms. The fourth-order valence-electron chi connectivity index (χ4n) is 3.35. The first-order valence-electron chi connectivity index (χ1n) is 9.65. The van der Waals surface area contributed by atoms with Gasteiger partial charge in [0.1, 0.15) is 5.76 Å². The summed E-state index contributed by atoms with van der Waals surface area (Å²) < 4.78 is 7.57. The van der Waals surface area contributed by atoms with Gasteiger partial charge in [0.2, 0.25) is 5.89 Å². The molecule has 0 radical (unpaired) electrons. The molecule has 1 aliphatic heterocycles. The number of oxazole rings is 1. The Morgan fingerprint density at radius 1 is 1.15 bits per heavy atom. The third-order valence-electron chi connectivity index (χ3n) is 5.15. The fraction of sp³-hybridized carbons (Fsp3) is 0.650. The topological polar surface area (TPSA) is 64.2 Å². The molecule has 2 aromatic rings. The fourth-order valence-corrected chi connectivity index (χ4v) is 3.35. The standard InChI is InChI=1S/C20H30N4O2/c1-14(2)17-9-20(25)24(13-22-17)11-16-5-7-23(8-6-16)12-19-21-10-18(26-19)15(3)4/h9-10,13-16H,5-8,11-12H2,1-4H3. The van der Waals surface area contributed by atoms with Crippen LogP contribution < -0.4 is 5.56 Å². The van der Waals surface area contributed by atoms with Gasteiger partial charge in [0.15, 0.2) is 0 Å². The second-order valence-electron chi connectivity index (χ2n) is 7.99. The monoisotopic (exact) mass is 358 g/mol. The van der Waals surface area contributed by atoms with Crippen LogP contribution in [-0.2, 0) is 13.1 Å². The molecular weight excluding hydrogens is 328 g/mol. The largest absolute Gasteiger partial charge is 0.444 e. The van der Waals surface area contributed by atoms with Crippen molar-refractivity contribution in [2.45, 2.75) is 65.5 Å². The summed E-state index contributed by atoms with van der Waals surface area (Å²) in [5.74, 6) is 2.93. The van der Waals surface area contributed by atoms with Crippen LogP contribution in [0.4, 0.5) is 0 Å². The molecule has 26 heavy (non-hydrogen) atoms.